The molecule has 7 nitrogen and oxygen atoms in total. The maximum absolute atomic E-state index is 11.5. The van der Waals surface area contributed by atoms with Gasteiger partial charge in [0.05, 0.1) is 25.9 Å². The summed E-state index contributed by atoms with van der Waals surface area (Å²) in [6.07, 6.45) is 2.22. The third-order valence-corrected chi connectivity index (χ3v) is 3.87. The van der Waals surface area contributed by atoms with Crippen molar-refractivity contribution in [1.29, 1.82) is 0 Å². The monoisotopic (exact) mass is 309 g/mol. The first-order valence-corrected chi connectivity index (χ1v) is 8.26. The van der Waals surface area contributed by atoms with Gasteiger partial charge in [-0.15, -0.1) is 0 Å². The number of hydrogen-bond acceptors (Lipinski definition) is 6. The molecule has 0 atom stereocenters. The van der Waals surface area contributed by atoms with Crippen molar-refractivity contribution in [2.45, 2.75) is 39.0 Å². The molecule has 0 aliphatic rings. The van der Waals surface area contributed by atoms with Gasteiger partial charge in [-0.3, -0.25) is 9.59 Å². The van der Waals surface area contributed by atoms with E-state index in [1.807, 2.05) is 0 Å². The molecule has 0 saturated carbocycles. The molecule has 118 valence electrons. The van der Waals surface area contributed by atoms with Gasteiger partial charge in [0.25, 0.3) is 0 Å². The van der Waals surface area contributed by atoms with Crippen LogP contribution >= 0.6 is 0 Å². The number of sulfonamides is 1. The van der Waals surface area contributed by atoms with Crippen LogP contribution in [0.1, 0.15) is 39.0 Å². The fourth-order valence-corrected chi connectivity index (χ4v) is 2.46. The summed E-state index contributed by atoms with van der Waals surface area (Å²) in [5.41, 5.74) is 0. The zero-order valence-electron chi connectivity index (χ0n) is 12.0. The van der Waals surface area contributed by atoms with E-state index in [1.165, 1.54) is 7.11 Å². The van der Waals surface area contributed by atoms with Gasteiger partial charge in [0.15, 0.2) is 0 Å². The predicted octanol–water partition coefficient (Wildman–Crippen LogP) is 0.592. The summed E-state index contributed by atoms with van der Waals surface area (Å²) >= 11 is 0. The van der Waals surface area contributed by atoms with E-state index >= 15 is 0 Å². The van der Waals surface area contributed by atoms with Crippen molar-refractivity contribution < 1.29 is 27.5 Å². The van der Waals surface area contributed by atoms with Crippen LogP contribution in [0.4, 0.5) is 0 Å². The largest absolute Gasteiger partial charge is 0.469 e. The zero-order valence-corrected chi connectivity index (χ0v) is 12.8. The lowest BCUT2D eigenvalue weighted by molar-refractivity contribution is -0.142. The van der Waals surface area contributed by atoms with E-state index in [2.05, 4.69) is 14.2 Å². The van der Waals surface area contributed by atoms with Gasteiger partial charge < -0.3 is 9.47 Å². The highest BCUT2D eigenvalue weighted by molar-refractivity contribution is 7.89. The fraction of sp³-hybridized carbons (Fsp3) is 0.833. The number of hydrogen-bond donors (Lipinski definition) is 1. The smallest absolute Gasteiger partial charge is 0.306 e. The highest BCUT2D eigenvalue weighted by Gasteiger charge is 2.13. The molecule has 0 aromatic carbocycles. The van der Waals surface area contributed by atoms with Crippen LogP contribution in [-0.2, 0) is 29.1 Å². The van der Waals surface area contributed by atoms with Crippen LogP contribution in [0.5, 0.6) is 0 Å². The molecular formula is C12H23NO6S. The average molecular weight is 309 g/mol. The van der Waals surface area contributed by atoms with Crippen molar-refractivity contribution in [3.05, 3.63) is 0 Å². The first-order chi connectivity index (χ1) is 9.41. The van der Waals surface area contributed by atoms with Gasteiger partial charge in [0.2, 0.25) is 10.0 Å². The third-order valence-electron chi connectivity index (χ3n) is 2.49. The van der Waals surface area contributed by atoms with Gasteiger partial charge in [0, 0.05) is 13.0 Å². The number of carbonyl (C=O) groups excluding carboxylic acids is 2. The van der Waals surface area contributed by atoms with Gasteiger partial charge in [-0.1, -0.05) is 6.42 Å². The molecule has 0 aliphatic carbocycles. The number of unbranched alkanes of at least 4 members (excludes halogenated alkanes) is 2. The summed E-state index contributed by atoms with van der Waals surface area (Å²) < 4.78 is 34.6. The predicted molar refractivity (Wildman–Crippen MR) is 73.5 cm³/mol. The molecule has 8 heteroatoms. The first kappa shape index (κ1) is 18.9. The van der Waals surface area contributed by atoms with Crippen LogP contribution in [0.15, 0.2) is 0 Å². The molecule has 0 spiro atoms. The Morgan fingerprint density at radius 2 is 1.75 bits per heavy atom. The Morgan fingerprint density at radius 1 is 1.05 bits per heavy atom. The van der Waals surface area contributed by atoms with Gasteiger partial charge in [0.1, 0.15) is 0 Å². The van der Waals surface area contributed by atoms with Crippen LogP contribution in [-0.4, -0.2) is 46.4 Å². The molecule has 0 saturated heterocycles. The van der Waals surface area contributed by atoms with E-state index in [9.17, 15) is 18.0 Å². The highest BCUT2D eigenvalue weighted by atomic mass is 32.2. The van der Waals surface area contributed by atoms with Crippen molar-refractivity contribution >= 4 is 22.0 Å². The number of esters is 2. The molecule has 0 rings (SSSR count). The molecule has 20 heavy (non-hydrogen) atoms. The molecule has 0 amide bonds. The summed E-state index contributed by atoms with van der Waals surface area (Å²) in [5.74, 6) is -1.05. The highest BCUT2D eigenvalue weighted by Crippen LogP contribution is 2.01. The molecule has 0 aliphatic heterocycles. The van der Waals surface area contributed by atoms with Crippen LogP contribution in [0.3, 0.4) is 0 Å². The van der Waals surface area contributed by atoms with Crippen molar-refractivity contribution in [3.63, 3.8) is 0 Å². The van der Waals surface area contributed by atoms with E-state index in [0.717, 1.165) is 6.42 Å². The number of nitrogens with one attached hydrogen (secondary N) is 1. The standard InChI is InChI=1S/C12H23NO6S/c1-3-19-12(15)8-10-20(16,17)13-9-6-4-5-7-11(14)18-2/h13H,3-10H2,1-2H3. The number of methoxy groups -OCH3 is 1. The summed E-state index contributed by atoms with van der Waals surface area (Å²) in [6.45, 7) is 2.21. The molecule has 0 radical (unpaired) electrons. The molecule has 0 bridgehead atoms. The Labute approximate surface area is 120 Å². The lowest BCUT2D eigenvalue weighted by Crippen LogP contribution is -2.28. The zero-order chi connectivity index (χ0) is 15.4. The molecule has 1 N–H and O–H groups in total. The molecule has 0 fully saturated rings. The van der Waals surface area contributed by atoms with Crippen LogP contribution in [0.25, 0.3) is 0 Å². The van der Waals surface area contributed by atoms with Crippen LogP contribution in [0, 0.1) is 0 Å². The second kappa shape index (κ2) is 10.6. The summed E-state index contributed by atoms with van der Waals surface area (Å²) in [5, 5.41) is 0. The molecular weight excluding hydrogens is 286 g/mol. The maximum atomic E-state index is 11.5. The van der Waals surface area contributed by atoms with E-state index in [4.69, 9.17) is 0 Å². The Balaban J connectivity index is 3.67. The Morgan fingerprint density at radius 3 is 2.35 bits per heavy atom. The number of ether oxygens (including phenoxy) is 2. The van der Waals surface area contributed by atoms with E-state index in [1.54, 1.807) is 6.92 Å². The molecule has 0 heterocycles. The fourth-order valence-electron chi connectivity index (χ4n) is 1.42. The molecule has 0 aromatic rings. The maximum Gasteiger partial charge on any atom is 0.306 e. The van der Waals surface area contributed by atoms with Crippen molar-refractivity contribution in [3.8, 4) is 0 Å². The van der Waals surface area contributed by atoms with E-state index in [0.29, 0.717) is 25.8 Å². The van der Waals surface area contributed by atoms with E-state index in [-0.39, 0.29) is 24.7 Å². The Hall–Kier alpha value is -1.15. The van der Waals surface area contributed by atoms with Crippen molar-refractivity contribution in [1.82, 2.24) is 4.72 Å². The lowest BCUT2D eigenvalue weighted by atomic mass is 10.2. The minimum Gasteiger partial charge on any atom is -0.469 e. The Bertz CT molecular complexity index is 393. The molecule has 0 aromatic heterocycles. The van der Waals surface area contributed by atoms with Crippen molar-refractivity contribution in [2.75, 3.05) is 26.0 Å². The summed E-state index contributed by atoms with van der Waals surface area (Å²) in [6, 6.07) is 0. The summed E-state index contributed by atoms with van der Waals surface area (Å²) in [4.78, 5) is 21.9. The van der Waals surface area contributed by atoms with Crippen molar-refractivity contribution in [2.24, 2.45) is 0 Å². The van der Waals surface area contributed by atoms with Crippen LogP contribution in [0.2, 0.25) is 0 Å². The minimum atomic E-state index is -3.45. The second-order valence-electron chi connectivity index (χ2n) is 4.16. The number of carbonyl (C=O) groups is 2. The summed E-state index contributed by atoms with van der Waals surface area (Å²) in [7, 11) is -2.11. The normalized spacial score (nSPS) is 11.1. The first-order valence-electron chi connectivity index (χ1n) is 6.61. The quantitative estimate of drug-likeness (QED) is 0.443. The third kappa shape index (κ3) is 10.7. The van der Waals surface area contributed by atoms with Gasteiger partial charge in [-0.25, -0.2) is 13.1 Å². The SMILES string of the molecule is CCOC(=O)CCS(=O)(=O)NCCCCCC(=O)OC. The Kier molecular flexibility index (Phi) is 10.0. The molecule has 0 unspecified atom stereocenters. The van der Waals surface area contributed by atoms with Crippen LogP contribution < -0.4 is 4.72 Å². The van der Waals surface area contributed by atoms with Gasteiger partial charge >= 0.3 is 11.9 Å². The second-order valence-corrected chi connectivity index (χ2v) is 6.08. The minimum absolute atomic E-state index is 0.147. The lowest BCUT2D eigenvalue weighted by Gasteiger charge is -2.06. The number of rotatable bonds is 11. The topological polar surface area (TPSA) is 98.8 Å². The average Bonchev–Trinajstić information content (AvgIpc) is 2.40. The van der Waals surface area contributed by atoms with E-state index < -0.39 is 16.0 Å². The van der Waals surface area contributed by atoms with Gasteiger partial charge in [-0.05, 0) is 19.8 Å². The van der Waals surface area contributed by atoms with Gasteiger partial charge in [-0.2, -0.15) is 0 Å².